The normalized spacial score (nSPS) is 15.1. The SMILES string of the molecule is COc1ccccc1N1CCN(S(=O)(=O)CCNC(=O)Cc2cccc(C)c2)CC1. The van der Waals surface area contributed by atoms with Crippen LogP contribution in [0, 0.1) is 6.92 Å². The van der Waals surface area contributed by atoms with Crippen molar-refractivity contribution in [1.29, 1.82) is 0 Å². The first-order valence-corrected chi connectivity index (χ1v) is 11.7. The Bertz CT molecular complexity index is 970. The van der Waals surface area contributed by atoms with Crippen LogP contribution in [0.4, 0.5) is 5.69 Å². The number of nitrogens with zero attached hydrogens (tertiary/aromatic N) is 2. The molecule has 0 spiro atoms. The fourth-order valence-electron chi connectivity index (χ4n) is 3.62. The zero-order valence-electron chi connectivity index (χ0n) is 17.5. The summed E-state index contributed by atoms with van der Waals surface area (Å²) >= 11 is 0. The van der Waals surface area contributed by atoms with E-state index in [0.29, 0.717) is 26.2 Å². The van der Waals surface area contributed by atoms with Crippen molar-refractivity contribution in [1.82, 2.24) is 9.62 Å². The maximum atomic E-state index is 12.7. The Morgan fingerprint density at radius 1 is 1.07 bits per heavy atom. The Labute approximate surface area is 178 Å². The van der Waals surface area contributed by atoms with Gasteiger partial charge in [0.2, 0.25) is 15.9 Å². The second-order valence-electron chi connectivity index (χ2n) is 7.39. The number of nitrogens with one attached hydrogen (secondary N) is 1. The number of benzene rings is 2. The lowest BCUT2D eigenvalue weighted by Gasteiger charge is -2.36. The fourth-order valence-corrected chi connectivity index (χ4v) is 4.95. The van der Waals surface area contributed by atoms with Gasteiger partial charge in [0.25, 0.3) is 0 Å². The van der Waals surface area contributed by atoms with Gasteiger partial charge < -0.3 is 15.0 Å². The van der Waals surface area contributed by atoms with Gasteiger partial charge in [-0.2, -0.15) is 4.31 Å². The zero-order valence-corrected chi connectivity index (χ0v) is 18.3. The smallest absolute Gasteiger partial charge is 0.224 e. The molecule has 0 aliphatic carbocycles. The molecule has 30 heavy (non-hydrogen) atoms. The number of ether oxygens (including phenoxy) is 1. The second-order valence-corrected chi connectivity index (χ2v) is 9.48. The van der Waals surface area contributed by atoms with Crippen molar-refractivity contribution in [3.8, 4) is 5.75 Å². The van der Waals surface area contributed by atoms with E-state index in [1.165, 1.54) is 4.31 Å². The molecule has 1 aliphatic heterocycles. The number of para-hydroxylation sites is 2. The van der Waals surface area contributed by atoms with E-state index in [1.54, 1.807) is 7.11 Å². The Balaban J connectivity index is 1.46. The minimum atomic E-state index is -3.42. The summed E-state index contributed by atoms with van der Waals surface area (Å²) < 4.78 is 32.2. The highest BCUT2D eigenvalue weighted by Crippen LogP contribution is 2.28. The number of carbonyl (C=O) groups excluding carboxylic acids is 1. The number of piperazine rings is 1. The first kappa shape index (κ1) is 22.1. The Kier molecular flexibility index (Phi) is 7.33. The third kappa shape index (κ3) is 5.73. The van der Waals surface area contributed by atoms with Crippen LogP contribution in [0.3, 0.4) is 0 Å². The third-order valence-electron chi connectivity index (χ3n) is 5.19. The summed E-state index contributed by atoms with van der Waals surface area (Å²) in [6.07, 6.45) is 0.249. The first-order valence-electron chi connectivity index (χ1n) is 10.1. The van der Waals surface area contributed by atoms with Gasteiger partial charge in [0, 0.05) is 32.7 Å². The number of hydrogen-bond donors (Lipinski definition) is 1. The van der Waals surface area contributed by atoms with Gasteiger partial charge in [-0.05, 0) is 24.6 Å². The van der Waals surface area contributed by atoms with Gasteiger partial charge in [-0.15, -0.1) is 0 Å². The van der Waals surface area contributed by atoms with E-state index in [4.69, 9.17) is 4.74 Å². The van der Waals surface area contributed by atoms with Crippen molar-refractivity contribution in [2.24, 2.45) is 0 Å². The molecule has 0 radical (unpaired) electrons. The minimum absolute atomic E-state index is 0.0960. The molecule has 0 atom stereocenters. The quantitative estimate of drug-likeness (QED) is 0.690. The summed E-state index contributed by atoms with van der Waals surface area (Å²) in [5, 5.41) is 2.72. The molecule has 0 aromatic heterocycles. The topological polar surface area (TPSA) is 79.0 Å². The van der Waals surface area contributed by atoms with Crippen LogP contribution in [0.25, 0.3) is 0 Å². The lowest BCUT2D eigenvalue weighted by atomic mass is 10.1. The molecule has 3 rings (SSSR count). The monoisotopic (exact) mass is 431 g/mol. The molecule has 2 aromatic rings. The standard InChI is InChI=1S/C22H29N3O4S/c1-18-6-5-7-19(16-18)17-22(26)23-10-15-30(27,28)25-13-11-24(12-14-25)20-8-3-4-9-21(20)29-2/h3-9,16H,10-15,17H2,1-2H3,(H,23,26). The number of rotatable bonds is 8. The average Bonchev–Trinajstić information content (AvgIpc) is 2.73. The number of aryl methyl sites for hydroxylation is 1. The van der Waals surface area contributed by atoms with Crippen LogP contribution in [-0.4, -0.2) is 64.2 Å². The molecule has 0 saturated carbocycles. The van der Waals surface area contributed by atoms with Gasteiger partial charge in [-0.1, -0.05) is 42.0 Å². The average molecular weight is 432 g/mol. The molecule has 7 nitrogen and oxygen atoms in total. The van der Waals surface area contributed by atoms with Crippen molar-refractivity contribution < 1.29 is 17.9 Å². The van der Waals surface area contributed by atoms with Gasteiger partial charge in [0.05, 0.1) is 25.0 Å². The van der Waals surface area contributed by atoms with Crippen LogP contribution in [0.5, 0.6) is 5.75 Å². The lowest BCUT2D eigenvalue weighted by Crippen LogP contribution is -2.50. The van der Waals surface area contributed by atoms with E-state index in [1.807, 2.05) is 55.5 Å². The molecule has 162 valence electrons. The molecule has 0 unspecified atom stereocenters. The molecule has 1 N–H and O–H groups in total. The molecule has 0 bridgehead atoms. The summed E-state index contributed by atoms with van der Waals surface area (Å²) in [7, 11) is -1.79. The third-order valence-corrected chi connectivity index (χ3v) is 7.06. The van der Waals surface area contributed by atoms with E-state index >= 15 is 0 Å². The van der Waals surface area contributed by atoms with Gasteiger partial charge in [-0.3, -0.25) is 4.79 Å². The van der Waals surface area contributed by atoms with Crippen molar-refractivity contribution in [2.75, 3.05) is 50.5 Å². The number of methoxy groups -OCH3 is 1. The van der Waals surface area contributed by atoms with Gasteiger partial charge in [0.1, 0.15) is 5.75 Å². The molecule has 1 saturated heterocycles. The predicted molar refractivity (Wildman–Crippen MR) is 118 cm³/mol. The highest BCUT2D eigenvalue weighted by atomic mass is 32.2. The van der Waals surface area contributed by atoms with Crippen LogP contribution < -0.4 is 15.0 Å². The predicted octanol–water partition coefficient (Wildman–Crippen LogP) is 1.81. The largest absolute Gasteiger partial charge is 0.495 e. The van der Waals surface area contributed by atoms with Crippen LogP contribution in [0.15, 0.2) is 48.5 Å². The summed E-state index contributed by atoms with van der Waals surface area (Å²) in [4.78, 5) is 14.2. The van der Waals surface area contributed by atoms with E-state index < -0.39 is 10.0 Å². The van der Waals surface area contributed by atoms with E-state index in [9.17, 15) is 13.2 Å². The molecule has 1 amide bonds. The van der Waals surface area contributed by atoms with E-state index in [2.05, 4.69) is 10.2 Å². The highest BCUT2D eigenvalue weighted by Gasteiger charge is 2.27. The number of sulfonamides is 1. The van der Waals surface area contributed by atoms with Crippen LogP contribution in [0.1, 0.15) is 11.1 Å². The number of anilines is 1. The molecule has 2 aromatic carbocycles. The first-order chi connectivity index (χ1) is 14.4. The van der Waals surface area contributed by atoms with Crippen molar-refractivity contribution in [2.45, 2.75) is 13.3 Å². The van der Waals surface area contributed by atoms with Crippen molar-refractivity contribution in [3.05, 3.63) is 59.7 Å². The molecule has 1 heterocycles. The lowest BCUT2D eigenvalue weighted by molar-refractivity contribution is -0.120. The zero-order chi connectivity index (χ0) is 21.6. The number of hydrogen-bond acceptors (Lipinski definition) is 5. The maximum Gasteiger partial charge on any atom is 0.224 e. The summed E-state index contributed by atoms with van der Waals surface area (Å²) in [5.41, 5.74) is 2.98. The summed E-state index contributed by atoms with van der Waals surface area (Å²) in [5.74, 6) is 0.517. The van der Waals surface area contributed by atoms with Crippen LogP contribution in [0.2, 0.25) is 0 Å². The fraction of sp³-hybridized carbons (Fsp3) is 0.409. The van der Waals surface area contributed by atoms with Gasteiger partial charge >= 0.3 is 0 Å². The summed E-state index contributed by atoms with van der Waals surface area (Å²) in [6.45, 7) is 4.11. The second kappa shape index (κ2) is 9.95. The van der Waals surface area contributed by atoms with Crippen molar-refractivity contribution >= 4 is 21.6 Å². The highest BCUT2D eigenvalue weighted by molar-refractivity contribution is 7.89. The molecule has 8 heteroatoms. The van der Waals surface area contributed by atoms with E-state index in [-0.39, 0.29) is 24.6 Å². The molecule has 1 fully saturated rings. The minimum Gasteiger partial charge on any atom is -0.495 e. The Morgan fingerprint density at radius 3 is 2.50 bits per heavy atom. The summed E-state index contributed by atoms with van der Waals surface area (Å²) in [6, 6.07) is 15.5. The van der Waals surface area contributed by atoms with Gasteiger partial charge in [0.15, 0.2) is 0 Å². The number of carbonyl (C=O) groups is 1. The maximum absolute atomic E-state index is 12.7. The van der Waals surface area contributed by atoms with Gasteiger partial charge in [-0.25, -0.2) is 8.42 Å². The van der Waals surface area contributed by atoms with E-state index in [0.717, 1.165) is 22.6 Å². The van der Waals surface area contributed by atoms with Crippen LogP contribution >= 0.6 is 0 Å². The Hall–Kier alpha value is -2.58. The molecular weight excluding hydrogens is 402 g/mol. The Morgan fingerprint density at radius 2 is 1.80 bits per heavy atom. The van der Waals surface area contributed by atoms with Crippen molar-refractivity contribution in [3.63, 3.8) is 0 Å². The molecular formula is C22H29N3O4S. The van der Waals surface area contributed by atoms with Crippen LogP contribution in [-0.2, 0) is 21.2 Å². The number of amides is 1. The molecule has 1 aliphatic rings.